The Morgan fingerprint density at radius 3 is 2.63 bits per heavy atom. The fraction of sp³-hybridized carbons (Fsp3) is 0.0526. The van der Waals surface area contributed by atoms with Crippen molar-refractivity contribution in [3.8, 4) is 16.9 Å². The molecular weight excluding hydrogens is 408 g/mol. The molecule has 2 heterocycles. The zero-order valence-corrected chi connectivity index (χ0v) is 15.7. The van der Waals surface area contributed by atoms with Gasteiger partial charge in [-0.25, -0.2) is 4.68 Å². The summed E-state index contributed by atoms with van der Waals surface area (Å²) in [5.41, 5.74) is 3.45. The van der Waals surface area contributed by atoms with Crippen LogP contribution in [-0.2, 0) is 6.54 Å². The minimum Gasteiger partial charge on any atom is -0.346 e. The van der Waals surface area contributed by atoms with Gasteiger partial charge in [0.25, 0.3) is 5.91 Å². The third-order valence-electron chi connectivity index (χ3n) is 3.99. The fourth-order valence-electron chi connectivity index (χ4n) is 2.64. The van der Waals surface area contributed by atoms with Crippen molar-refractivity contribution >= 4 is 21.8 Å². The predicted octanol–water partition coefficient (Wildman–Crippen LogP) is 3.35. The van der Waals surface area contributed by atoms with E-state index in [0.717, 1.165) is 21.3 Å². The molecule has 27 heavy (non-hydrogen) atoms. The van der Waals surface area contributed by atoms with Gasteiger partial charge in [0, 0.05) is 28.3 Å². The number of carbonyl (C=O) groups is 1. The summed E-state index contributed by atoms with van der Waals surface area (Å²) in [6, 6.07) is 17.3. The first-order valence-corrected chi connectivity index (χ1v) is 9.04. The molecule has 0 atom stereocenters. The smallest absolute Gasteiger partial charge is 0.274 e. The summed E-state index contributed by atoms with van der Waals surface area (Å²) in [5, 5.41) is 17.8. The molecule has 0 unspecified atom stereocenters. The lowest BCUT2D eigenvalue weighted by molar-refractivity contribution is 0.0946. The van der Waals surface area contributed by atoms with E-state index in [9.17, 15) is 4.79 Å². The van der Waals surface area contributed by atoms with E-state index in [2.05, 4.69) is 41.8 Å². The van der Waals surface area contributed by atoms with Crippen molar-refractivity contribution in [1.29, 1.82) is 0 Å². The van der Waals surface area contributed by atoms with Gasteiger partial charge in [0.2, 0.25) is 0 Å². The van der Waals surface area contributed by atoms with E-state index in [4.69, 9.17) is 0 Å². The second-order valence-electron chi connectivity index (χ2n) is 5.84. The molecule has 0 spiro atoms. The Kier molecular flexibility index (Phi) is 4.80. The predicted molar refractivity (Wildman–Crippen MR) is 104 cm³/mol. The van der Waals surface area contributed by atoms with Crippen LogP contribution in [0.3, 0.4) is 0 Å². The number of aromatic nitrogens is 5. The topological polar surface area (TPSA) is 88.5 Å². The number of rotatable bonds is 5. The number of benzene rings is 2. The van der Waals surface area contributed by atoms with Gasteiger partial charge in [-0.2, -0.15) is 20.5 Å². The van der Waals surface area contributed by atoms with E-state index in [-0.39, 0.29) is 11.6 Å². The highest BCUT2D eigenvalue weighted by atomic mass is 79.9. The molecule has 7 nitrogen and oxygen atoms in total. The molecule has 2 N–H and O–H groups in total. The molecule has 2 aromatic heterocycles. The quantitative estimate of drug-likeness (QED) is 0.516. The van der Waals surface area contributed by atoms with E-state index in [1.807, 2.05) is 60.8 Å². The summed E-state index contributed by atoms with van der Waals surface area (Å²) in [7, 11) is 0. The van der Waals surface area contributed by atoms with Crippen LogP contribution in [0.25, 0.3) is 16.9 Å². The van der Waals surface area contributed by atoms with Gasteiger partial charge in [-0.1, -0.05) is 46.3 Å². The van der Waals surface area contributed by atoms with Crippen LogP contribution in [0.5, 0.6) is 0 Å². The first-order chi connectivity index (χ1) is 13.2. The molecule has 0 aliphatic heterocycles. The summed E-state index contributed by atoms with van der Waals surface area (Å²) in [4.78, 5) is 12.5. The molecule has 0 aliphatic rings. The van der Waals surface area contributed by atoms with Gasteiger partial charge in [-0.05, 0) is 24.3 Å². The normalized spacial score (nSPS) is 10.7. The van der Waals surface area contributed by atoms with Crippen LogP contribution >= 0.6 is 15.9 Å². The second-order valence-corrected chi connectivity index (χ2v) is 6.75. The molecule has 2 aromatic carbocycles. The maximum atomic E-state index is 12.5. The van der Waals surface area contributed by atoms with Crippen LogP contribution in [0.15, 0.2) is 71.5 Å². The standard InChI is InChI=1S/C19H15BrN6O/c20-15-6-8-16(9-7-15)26-12-13(11-22-26)10-21-19(27)18-17(23-25-24-18)14-4-2-1-3-5-14/h1-9,11-12H,10H2,(H,21,27)(H,23,24,25). The first-order valence-electron chi connectivity index (χ1n) is 8.24. The third kappa shape index (κ3) is 3.80. The molecule has 8 heteroatoms. The summed E-state index contributed by atoms with van der Waals surface area (Å²) < 4.78 is 2.77. The van der Waals surface area contributed by atoms with Crippen LogP contribution < -0.4 is 5.32 Å². The number of halogens is 1. The molecule has 0 bridgehead atoms. The average molecular weight is 423 g/mol. The number of H-pyrrole nitrogens is 1. The fourth-order valence-corrected chi connectivity index (χ4v) is 2.90. The Morgan fingerprint density at radius 2 is 1.85 bits per heavy atom. The van der Waals surface area contributed by atoms with Gasteiger partial charge in [0.1, 0.15) is 5.69 Å². The number of hydrogen-bond acceptors (Lipinski definition) is 4. The van der Waals surface area contributed by atoms with Crippen molar-refractivity contribution in [2.45, 2.75) is 6.54 Å². The van der Waals surface area contributed by atoms with Crippen LogP contribution in [0, 0.1) is 0 Å². The lowest BCUT2D eigenvalue weighted by Gasteiger charge is -2.03. The molecule has 0 saturated heterocycles. The van der Waals surface area contributed by atoms with Gasteiger partial charge in [0.05, 0.1) is 11.9 Å². The Balaban J connectivity index is 1.45. The van der Waals surface area contributed by atoms with Crippen LogP contribution in [0.1, 0.15) is 16.1 Å². The summed E-state index contributed by atoms with van der Waals surface area (Å²) in [6.45, 7) is 0.344. The zero-order chi connectivity index (χ0) is 18.6. The van der Waals surface area contributed by atoms with Crippen molar-refractivity contribution in [2.24, 2.45) is 0 Å². The molecule has 0 aliphatic carbocycles. The third-order valence-corrected chi connectivity index (χ3v) is 4.52. The lowest BCUT2D eigenvalue weighted by atomic mass is 10.1. The second kappa shape index (κ2) is 7.55. The molecule has 0 radical (unpaired) electrons. The highest BCUT2D eigenvalue weighted by Crippen LogP contribution is 2.19. The molecule has 134 valence electrons. The molecular formula is C19H15BrN6O. The van der Waals surface area contributed by atoms with Gasteiger partial charge >= 0.3 is 0 Å². The highest BCUT2D eigenvalue weighted by molar-refractivity contribution is 9.10. The monoisotopic (exact) mass is 422 g/mol. The highest BCUT2D eigenvalue weighted by Gasteiger charge is 2.17. The van der Waals surface area contributed by atoms with E-state index in [0.29, 0.717) is 12.2 Å². The van der Waals surface area contributed by atoms with E-state index in [1.54, 1.807) is 10.9 Å². The number of hydrogen-bond donors (Lipinski definition) is 2. The van der Waals surface area contributed by atoms with Gasteiger partial charge in [-0.15, -0.1) is 0 Å². The van der Waals surface area contributed by atoms with Gasteiger partial charge in [-0.3, -0.25) is 4.79 Å². The first kappa shape index (κ1) is 17.2. The molecule has 4 rings (SSSR count). The van der Waals surface area contributed by atoms with Crippen LogP contribution in [0.2, 0.25) is 0 Å². The summed E-state index contributed by atoms with van der Waals surface area (Å²) >= 11 is 3.41. The van der Waals surface area contributed by atoms with E-state index >= 15 is 0 Å². The van der Waals surface area contributed by atoms with Gasteiger partial charge in [0.15, 0.2) is 5.69 Å². The maximum Gasteiger partial charge on any atom is 0.274 e. The molecule has 4 aromatic rings. The molecule has 0 fully saturated rings. The number of amides is 1. The van der Waals surface area contributed by atoms with Crippen molar-refractivity contribution in [1.82, 2.24) is 30.5 Å². The summed E-state index contributed by atoms with van der Waals surface area (Å²) in [5.74, 6) is -0.293. The summed E-state index contributed by atoms with van der Waals surface area (Å²) in [6.07, 6.45) is 3.60. The number of carbonyl (C=O) groups excluding carboxylic acids is 1. The maximum absolute atomic E-state index is 12.5. The van der Waals surface area contributed by atoms with Crippen LogP contribution in [0.4, 0.5) is 0 Å². The van der Waals surface area contributed by atoms with Gasteiger partial charge < -0.3 is 5.32 Å². The van der Waals surface area contributed by atoms with Crippen molar-refractivity contribution in [3.63, 3.8) is 0 Å². The van der Waals surface area contributed by atoms with E-state index < -0.39 is 0 Å². The lowest BCUT2D eigenvalue weighted by Crippen LogP contribution is -2.23. The Hall–Kier alpha value is -3.26. The number of nitrogens with one attached hydrogen (secondary N) is 2. The minimum absolute atomic E-state index is 0.265. The van der Waals surface area contributed by atoms with Crippen LogP contribution in [-0.4, -0.2) is 31.1 Å². The largest absolute Gasteiger partial charge is 0.346 e. The Morgan fingerprint density at radius 1 is 1.07 bits per heavy atom. The van der Waals surface area contributed by atoms with Crippen molar-refractivity contribution < 1.29 is 4.79 Å². The number of aromatic amines is 1. The number of nitrogens with zero attached hydrogens (tertiary/aromatic N) is 4. The average Bonchev–Trinajstić information content (AvgIpc) is 3.37. The molecule has 1 amide bonds. The SMILES string of the molecule is O=C(NCc1cnn(-c2ccc(Br)cc2)c1)c1n[nH]nc1-c1ccccc1. The zero-order valence-electron chi connectivity index (χ0n) is 14.1. The minimum atomic E-state index is -0.293. The van der Waals surface area contributed by atoms with Crippen molar-refractivity contribution in [3.05, 3.63) is 82.7 Å². The van der Waals surface area contributed by atoms with Crippen molar-refractivity contribution in [2.75, 3.05) is 0 Å². The Labute approximate surface area is 163 Å². The Bertz CT molecular complexity index is 1060. The van der Waals surface area contributed by atoms with E-state index in [1.165, 1.54) is 0 Å². The molecule has 0 saturated carbocycles.